The lowest BCUT2D eigenvalue weighted by molar-refractivity contribution is -0.148. The van der Waals surface area contributed by atoms with Crippen LogP contribution >= 0.6 is 0 Å². The summed E-state index contributed by atoms with van der Waals surface area (Å²) >= 11 is 0. The van der Waals surface area contributed by atoms with E-state index in [1.54, 1.807) is 16.8 Å². The Bertz CT molecular complexity index is 1150. The van der Waals surface area contributed by atoms with Crippen molar-refractivity contribution in [2.45, 2.75) is 43.5 Å². The van der Waals surface area contributed by atoms with Crippen LogP contribution < -0.4 is 15.0 Å². The summed E-state index contributed by atoms with van der Waals surface area (Å²) in [4.78, 5) is 42.0. The first kappa shape index (κ1) is 17.5. The monoisotopic (exact) mass is 403 g/mol. The summed E-state index contributed by atoms with van der Waals surface area (Å²) in [7, 11) is 1.70. The molecule has 7 nitrogen and oxygen atoms in total. The molecule has 0 unspecified atom stereocenters. The first-order valence-electron chi connectivity index (χ1n) is 10.2. The van der Waals surface area contributed by atoms with Gasteiger partial charge in [-0.1, -0.05) is 30.3 Å². The van der Waals surface area contributed by atoms with E-state index in [1.807, 2.05) is 36.4 Å². The SMILES string of the molecule is CC(=O)N1c2ccccc2[C@]23C[C@@H]4C(=O)N[C@H](Cc5ccc(c2c5)O[C@H]13)C(=O)N4C. The van der Waals surface area contributed by atoms with Crippen molar-refractivity contribution in [1.82, 2.24) is 10.2 Å². The molecule has 4 bridgehead atoms. The highest BCUT2D eigenvalue weighted by atomic mass is 16.5. The zero-order valence-corrected chi connectivity index (χ0v) is 16.7. The third-order valence-electron chi connectivity index (χ3n) is 7.09. The van der Waals surface area contributed by atoms with E-state index in [4.69, 9.17) is 4.74 Å². The number of nitrogens with one attached hydrogen (secondary N) is 1. The lowest BCUT2D eigenvalue weighted by Crippen LogP contribution is -2.64. The molecule has 7 rings (SSSR count). The van der Waals surface area contributed by atoms with Gasteiger partial charge in [0.1, 0.15) is 17.8 Å². The van der Waals surface area contributed by atoms with E-state index >= 15 is 0 Å². The van der Waals surface area contributed by atoms with E-state index < -0.39 is 23.7 Å². The second-order valence-electron chi connectivity index (χ2n) is 8.61. The molecule has 1 saturated heterocycles. The fraction of sp³-hybridized carbons (Fsp3) is 0.348. The van der Waals surface area contributed by atoms with E-state index in [0.717, 1.165) is 28.1 Å². The average Bonchev–Trinajstić information content (AvgIpc) is 3.18. The summed E-state index contributed by atoms with van der Waals surface area (Å²) in [5, 5.41) is 2.92. The van der Waals surface area contributed by atoms with Crippen molar-refractivity contribution in [1.29, 1.82) is 0 Å². The summed E-state index contributed by atoms with van der Waals surface area (Å²) in [6, 6.07) is 12.5. The van der Waals surface area contributed by atoms with Crippen LogP contribution in [0.1, 0.15) is 30.0 Å². The molecule has 2 aromatic carbocycles. The van der Waals surface area contributed by atoms with Crippen LogP contribution in [0.25, 0.3) is 0 Å². The Morgan fingerprint density at radius 1 is 1.17 bits per heavy atom. The van der Waals surface area contributed by atoms with Gasteiger partial charge >= 0.3 is 0 Å². The zero-order valence-electron chi connectivity index (χ0n) is 16.7. The summed E-state index contributed by atoms with van der Waals surface area (Å²) < 4.78 is 6.38. The number of likely N-dealkylation sites (N-methyl/N-ethyl adjacent to an activating group) is 1. The number of amides is 3. The topological polar surface area (TPSA) is 79.0 Å². The predicted molar refractivity (Wildman–Crippen MR) is 108 cm³/mol. The van der Waals surface area contributed by atoms with Crippen LogP contribution in [-0.4, -0.2) is 48.0 Å². The van der Waals surface area contributed by atoms with Crippen LogP contribution in [-0.2, 0) is 26.2 Å². The molecule has 1 N–H and O–H groups in total. The number of hydrogen-bond donors (Lipinski definition) is 1. The van der Waals surface area contributed by atoms with Crippen LogP contribution in [0.15, 0.2) is 42.5 Å². The predicted octanol–water partition coefficient (Wildman–Crippen LogP) is 1.33. The fourth-order valence-corrected chi connectivity index (χ4v) is 5.72. The molecule has 0 aliphatic carbocycles. The maximum atomic E-state index is 13.1. The van der Waals surface area contributed by atoms with Gasteiger partial charge in [0.2, 0.25) is 17.7 Å². The molecular weight excluding hydrogens is 382 g/mol. The summed E-state index contributed by atoms with van der Waals surface area (Å²) in [5.41, 5.74) is 2.98. The van der Waals surface area contributed by atoms with Crippen molar-refractivity contribution in [3.05, 3.63) is 59.2 Å². The highest BCUT2D eigenvalue weighted by molar-refractivity contribution is 5.99. The minimum atomic E-state index is -0.728. The number of carbonyl (C=O) groups is 3. The van der Waals surface area contributed by atoms with Gasteiger partial charge < -0.3 is 15.0 Å². The van der Waals surface area contributed by atoms with Gasteiger partial charge in [0, 0.05) is 26.0 Å². The Morgan fingerprint density at radius 3 is 2.77 bits per heavy atom. The average molecular weight is 403 g/mol. The van der Waals surface area contributed by atoms with Crippen LogP contribution in [0, 0.1) is 0 Å². The van der Waals surface area contributed by atoms with Crippen LogP contribution in [0.4, 0.5) is 5.69 Å². The number of rotatable bonds is 0. The zero-order chi connectivity index (χ0) is 20.8. The number of piperazine rings is 1. The maximum absolute atomic E-state index is 13.1. The molecule has 3 amide bonds. The third kappa shape index (κ3) is 1.97. The summed E-state index contributed by atoms with van der Waals surface area (Å²) in [6.45, 7) is 1.53. The van der Waals surface area contributed by atoms with Gasteiger partial charge in [-0.15, -0.1) is 0 Å². The second kappa shape index (κ2) is 5.62. The molecule has 30 heavy (non-hydrogen) atoms. The smallest absolute Gasteiger partial charge is 0.245 e. The lowest BCUT2D eigenvalue weighted by atomic mass is 9.69. The Hall–Kier alpha value is -3.35. The molecule has 7 heteroatoms. The Balaban J connectivity index is 1.67. The quantitative estimate of drug-likeness (QED) is 0.720. The van der Waals surface area contributed by atoms with Crippen molar-refractivity contribution in [2.75, 3.05) is 11.9 Å². The van der Waals surface area contributed by atoms with E-state index in [2.05, 4.69) is 11.4 Å². The van der Waals surface area contributed by atoms with E-state index in [-0.39, 0.29) is 17.7 Å². The van der Waals surface area contributed by atoms with Crippen molar-refractivity contribution in [2.24, 2.45) is 0 Å². The van der Waals surface area contributed by atoms with Crippen LogP contribution in [0.3, 0.4) is 0 Å². The van der Waals surface area contributed by atoms with Crippen LogP contribution in [0.2, 0.25) is 0 Å². The molecule has 0 aromatic heterocycles. The van der Waals surface area contributed by atoms with Crippen molar-refractivity contribution < 1.29 is 19.1 Å². The highest BCUT2D eigenvalue weighted by Crippen LogP contribution is 2.59. The number of para-hydroxylation sites is 1. The minimum Gasteiger partial charge on any atom is -0.468 e. The molecule has 5 heterocycles. The van der Waals surface area contributed by atoms with E-state index in [9.17, 15) is 14.4 Å². The van der Waals surface area contributed by atoms with Gasteiger partial charge in [0.05, 0.1) is 11.1 Å². The lowest BCUT2D eigenvalue weighted by Gasteiger charge is -2.42. The van der Waals surface area contributed by atoms with E-state index in [1.165, 1.54) is 6.92 Å². The Labute approximate surface area is 173 Å². The molecule has 5 aliphatic heterocycles. The number of carbonyl (C=O) groups excluding carboxylic acids is 3. The minimum absolute atomic E-state index is 0.0892. The molecule has 5 aliphatic rings. The van der Waals surface area contributed by atoms with Gasteiger partial charge in [-0.3, -0.25) is 19.3 Å². The van der Waals surface area contributed by atoms with Crippen molar-refractivity contribution in [3.8, 4) is 5.75 Å². The van der Waals surface area contributed by atoms with Crippen LogP contribution in [0.5, 0.6) is 5.75 Å². The molecule has 0 radical (unpaired) electrons. The Morgan fingerprint density at radius 2 is 1.97 bits per heavy atom. The number of benzene rings is 2. The highest BCUT2D eigenvalue weighted by Gasteiger charge is 2.62. The standard InChI is InChI=1S/C23H21N3O4/c1-12(27)26-17-6-4-3-5-14(17)23-11-18-20(28)24-16(21(29)25(18)2)10-13-7-8-19(15(23)9-13)30-22(23)26/h3-9,16,18,22H,10-11H2,1-2H3,(H,24,28)/t16-,18-,22+,23-/m1/s1. The van der Waals surface area contributed by atoms with Gasteiger partial charge in [-0.25, -0.2) is 0 Å². The first-order chi connectivity index (χ1) is 14.4. The second-order valence-corrected chi connectivity index (χ2v) is 8.61. The molecule has 2 aromatic rings. The summed E-state index contributed by atoms with van der Waals surface area (Å²) in [5.74, 6) is 0.364. The van der Waals surface area contributed by atoms with Gasteiger partial charge in [0.15, 0.2) is 6.23 Å². The number of fused-ring (bicyclic) bond motifs is 3. The normalized spacial score (nSPS) is 30.5. The first-order valence-corrected chi connectivity index (χ1v) is 10.2. The maximum Gasteiger partial charge on any atom is 0.245 e. The van der Waals surface area contributed by atoms with Gasteiger partial charge in [-0.05, 0) is 29.7 Å². The molecular formula is C23H21N3O4. The number of anilines is 1. The number of nitrogens with zero attached hydrogens (tertiary/aromatic N) is 2. The van der Waals surface area contributed by atoms with Crippen molar-refractivity contribution >= 4 is 23.4 Å². The third-order valence-corrected chi connectivity index (χ3v) is 7.09. The molecule has 1 fully saturated rings. The van der Waals surface area contributed by atoms with Gasteiger partial charge in [0.25, 0.3) is 0 Å². The number of hydrogen-bond acceptors (Lipinski definition) is 4. The molecule has 152 valence electrons. The number of ether oxygens (including phenoxy) is 1. The molecule has 1 spiro atoms. The summed E-state index contributed by atoms with van der Waals surface area (Å²) in [6.07, 6.45) is 0.176. The Kier molecular flexibility index (Phi) is 3.28. The fourth-order valence-electron chi connectivity index (χ4n) is 5.72. The van der Waals surface area contributed by atoms with Gasteiger partial charge in [-0.2, -0.15) is 0 Å². The van der Waals surface area contributed by atoms with Crippen molar-refractivity contribution in [3.63, 3.8) is 0 Å². The largest absolute Gasteiger partial charge is 0.468 e. The molecule has 0 saturated carbocycles. The van der Waals surface area contributed by atoms with E-state index in [0.29, 0.717) is 12.8 Å². The molecule has 4 atom stereocenters.